The lowest BCUT2D eigenvalue weighted by Crippen LogP contribution is -2.11. The molecule has 2 aromatic rings. The summed E-state index contributed by atoms with van der Waals surface area (Å²) < 4.78 is 27.0. The van der Waals surface area contributed by atoms with Gasteiger partial charge in [0, 0.05) is 0 Å². The zero-order chi connectivity index (χ0) is 14.0. The van der Waals surface area contributed by atoms with Crippen molar-refractivity contribution in [3.8, 4) is 0 Å². The quantitative estimate of drug-likeness (QED) is 0.472. The Hall–Kier alpha value is -1.52. The van der Waals surface area contributed by atoms with Gasteiger partial charge in [-0.2, -0.15) is 0 Å². The summed E-state index contributed by atoms with van der Waals surface area (Å²) >= 11 is 11.2. The molecule has 0 saturated heterocycles. The second kappa shape index (κ2) is 5.63. The smallest absolute Gasteiger partial charge is 0.185 e. The van der Waals surface area contributed by atoms with Crippen molar-refractivity contribution in [3.63, 3.8) is 0 Å². The lowest BCUT2D eigenvalue weighted by Gasteiger charge is -2.13. The van der Waals surface area contributed by atoms with Crippen molar-refractivity contribution in [2.75, 3.05) is 10.9 Å². The van der Waals surface area contributed by atoms with Crippen LogP contribution in [0.3, 0.4) is 0 Å². The van der Waals surface area contributed by atoms with Gasteiger partial charge in [0.2, 0.25) is 0 Å². The van der Waals surface area contributed by atoms with E-state index in [2.05, 4.69) is 10.9 Å². The van der Waals surface area contributed by atoms with Crippen molar-refractivity contribution in [3.05, 3.63) is 57.6 Å². The Morgan fingerprint density at radius 3 is 2.26 bits per heavy atom. The van der Waals surface area contributed by atoms with E-state index in [1.54, 1.807) is 6.07 Å². The Morgan fingerprint density at radius 1 is 0.947 bits per heavy atom. The number of rotatable bonds is 3. The zero-order valence-corrected chi connectivity index (χ0v) is 11.4. The maximum atomic E-state index is 13.6. The van der Waals surface area contributed by atoms with Gasteiger partial charge in [-0.3, -0.25) is 5.43 Å². The standard InChI is InChI=1S/C13H10Cl2F2N2/c1-7-4-2-3-5-9(7)18-19-10-6-8(14)11(15)13(17)12(10)16/h2-6,18-19H,1H3. The minimum absolute atomic E-state index is 0.0605. The molecule has 2 nitrogen and oxygen atoms in total. The molecule has 19 heavy (non-hydrogen) atoms. The van der Waals surface area contributed by atoms with Gasteiger partial charge in [0.05, 0.1) is 21.4 Å². The van der Waals surface area contributed by atoms with Gasteiger partial charge in [0.15, 0.2) is 11.6 Å². The van der Waals surface area contributed by atoms with E-state index >= 15 is 0 Å². The lowest BCUT2D eigenvalue weighted by molar-refractivity contribution is 0.512. The van der Waals surface area contributed by atoms with Crippen molar-refractivity contribution in [1.29, 1.82) is 0 Å². The minimum Gasteiger partial charge on any atom is -0.301 e. The molecule has 0 unspecified atom stereocenters. The summed E-state index contributed by atoms with van der Waals surface area (Å²) in [6.07, 6.45) is 0. The molecule has 0 aliphatic carbocycles. The first kappa shape index (κ1) is 13.9. The largest absolute Gasteiger partial charge is 0.301 e. The predicted molar refractivity (Wildman–Crippen MR) is 74.8 cm³/mol. The number of benzene rings is 2. The van der Waals surface area contributed by atoms with E-state index in [1.165, 1.54) is 6.07 Å². The first-order valence-corrected chi connectivity index (χ1v) is 6.17. The highest BCUT2D eigenvalue weighted by atomic mass is 35.5. The first-order chi connectivity index (χ1) is 9.00. The Morgan fingerprint density at radius 2 is 1.58 bits per heavy atom. The van der Waals surface area contributed by atoms with E-state index in [-0.39, 0.29) is 10.7 Å². The number of hydrogen-bond acceptors (Lipinski definition) is 2. The Labute approximate surface area is 119 Å². The molecule has 2 aromatic carbocycles. The number of para-hydroxylation sites is 1. The molecule has 0 aromatic heterocycles. The fraction of sp³-hybridized carbons (Fsp3) is 0.0769. The van der Waals surface area contributed by atoms with Crippen LogP contribution in [0.1, 0.15) is 5.56 Å². The fourth-order valence-corrected chi connectivity index (χ4v) is 1.84. The van der Waals surface area contributed by atoms with Crippen LogP contribution in [0.2, 0.25) is 10.0 Å². The molecule has 6 heteroatoms. The molecular weight excluding hydrogens is 293 g/mol. The van der Waals surface area contributed by atoms with E-state index in [9.17, 15) is 8.78 Å². The molecule has 0 aliphatic rings. The molecule has 0 radical (unpaired) electrons. The topological polar surface area (TPSA) is 24.1 Å². The number of halogens is 4. The summed E-state index contributed by atoms with van der Waals surface area (Å²) in [7, 11) is 0. The fourth-order valence-electron chi connectivity index (χ4n) is 1.51. The average Bonchev–Trinajstić information content (AvgIpc) is 2.40. The molecule has 0 heterocycles. The number of hydrogen-bond donors (Lipinski definition) is 2. The van der Waals surface area contributed by atoms with Gasteiger partial charge < -0.3 is 5.43 Å². The molecule has 0 fully saturated rings. The predicted octanol–water partition coefficient (Wildman–Crippen LogP) is 5.02. The third-order valence-corrected chi connectivity index (χ3v) is 3.34. The molecular formula is C13H10Cl2F2N2. The molecule has 0 bridgehead atoms. The molecule has 0 amide bonds. The average molecular weight is 303 g/mol. The molecule has 0 atom stereocenters. The SMILES string of the molecule is Cc1ccccc1NNc1cc(Cl)c(Cl)c(F)c1F. The van der Waals surface area contributed by atoms with Crippen molar-refractivity contribution in [2.45, 2.75) is 6.92 Å². The van der Waals surface area contributed by atoms with Crippen LogP contribution in [0.4, 0.5) is 20.2 Å². The molecule has 2 N–H and O–H groups in total. The zero-order valence-electron chi connectivity index (χ0n) is 9.90. The van der Waals surface area contributed by atoms with Crippen LogP contribution in [0.25, 0.3) is 0 Å². The van der Waals surface area contributed by atoms with Crippen LogP contribution in [0.5, 0.6) is 0 Å². The highest BCUT2D eigenvalue weighted by molar-refractivity contribution is 6.42. The molecule has 2 rings (SSSR count). The number of hydrazine groups is 1. The maximum Gasteiger partial charge on any atom is 0.185 e. The van der Waals surface area contributed by atoms with Gasteiger partial charge in [-0.25, -0.2) is 8.78 Å². The van der Waals surface area contributed by atoms with Crippen molar-refractivity contribution in [2.24, 2.45) is 0 Å². The summed E-state index contributed by atoms with van der Waals surface area (Å²) in [5.41, 5.74) is 6.94. The summed E-state index contributed by atoms with van der Waals surface area (Å²) in [6.45, 7) is 1.88. The molecule has 100 valence electrons. The normalized spacial score (nSPS) is 10.4. The molecule has 0 spiro atoms. The van der Waals surface area contributed by atoms with Gasteiger partial charge >= 0.3 is 0 Å². The Bertz CT molecular complexity index is 618. The van der Waals surface area contributed by atoms with Crippen LogP contribution in [0.15, 0.2) is 30.3 Å². The van der Waals surface area contributed by atoms with Crippen molar-refractivity contribution in [1.82, 2.24) is 0 Å². The molecule has 0 aliphatic heterocycles. The van der Waals surface area contributed by atoms with E-state index in [1.807, 2.05) is 25.1 Å². The van der Waals surface area contributed by atoms with Gasteiger partial charge in [0.1, 0.15) is 0 Å². The summed E-state index contributed by atoms with van der Waals surface area (Å²) in [5, 5.41) is -0.491. The van der Waals surface area contributed by atoms with Crippen LogP contribution in [-0.2, 0) is 0 Å². The number of anilines is 2. The third kappa shape index (κ3) is 2.91. The Kier molecular flexibility index (Phi) is 4.12. The van der Waals surface area contributed by atoms with Crippen molar-refractivity contribution >= 4 is 34.6 Å². The second-order valence-electron chi connectivity index (χ2n) is 3.91. The minimum atomic E-state index is -1.18. The number of nitrogens with one attached hydrogen (secondary N) is 2. The van der Waals surface area contributed by atoms with Gasteiger partial charge in [-0.05, 0) is 24.6 Å². The Balaban J connectivity index is 2.23. The highest BCUT2D eigenvalue weighted by Crippen LogP contribution is 2.31. The lowest BCUT2D eigenvalue weighted by atomic mass is 10.2. The monoisotopic (exact) mass is 302 g/mol. The van der Waals surface area contributed by atoms with Crippen LogP contribution in [0, 0.1) is 18.6 Å². The second-order valence-corrected chi connectivity index (χ2v) is 4.70. The van der Waals surface area contributed by atoms with E-state index < -0.39 is 16.7 Å². The maximum absolute atomic E-state index is 13.6. The first-order valence-electron chi connectivity index (χ1n) is 5.41. The van der Waals surface area contributed by atoms with Crippen molar-refractivity contribution < 1.29 is 8.78 Å². The summed E-state index contributed by atoms with van der Waals surface area (Å²) in [4.78, 5) is 0. The summed E-state index contributed by atoms with van der Waals surface area (Å²) in [5.74, 6) is -2.27. The van der Waals surface area contributed by atoms with Crippen LogP contribution < -0.4 is 10.9 Å². The van der Waals surface area contributed by atoms with Gasteiger partial charge in [0.25, 0.3) is 0 Å². The van der Waals surface area contributed by atoms with Crippen LogP contribution >= 0.6 is 23.2 Å². The third-order valence-electron chi connectivity index (χ3n) is 2.58. The molecule has 0 saturated carbocycles. The van der Waals surface area contributed by atoms with E-state index in [4.69, 9.17) is 23.2 Å². The van der Waals surface area contributed by atoms with Gasteiger partial charge in [-0.1, -0.05) is 41.4 Å². The van der Waals surface area contributed by atoms with E-state index in [0.29, 0.717) is 0 Å². The van der Waals surface area contributed by atoms with E-state index in [0.717, 1.165) is 11.3 Å². The highest BCUT2D eigenvalue weighted by Gasteiger charge is 2.16. The number of aryl methyl sites for hydroxylation is 1. The summed E-state index contributed by atoms with van der Waals surface area (Å²) in [6, 6.07) is 8.60. The van der Waals surface area contributed by atoms with Gasteiger partial charge in [-0.15, -0.1) is 0 Å². The van der Waals surface area contributed by atoms with Crippen LogP contribution in [-0.4, -0.2) is 0 Å².